The SMILES string of the molecule is CN(C)CC1=C(c2cccc(O)c2)C=CCC1. The molecule has 1 N–H and O–H groups in total. The minimum Gasteiger partial charge on any atom is -0.508 e. The summed E-state index contributed by atoms with van der Waals surface area (Å²) in [5.41, 5.74) is 3.82. The van der Waals surface area contributed by atoms with Crippen LogP contribution < -0.4 is 0 Å². The zero-order valence-corrected chi connectivity index (χ0v) is 10.5. The molecule has 90 valence electrons. The van der Waals surface area contributed by atoms with E-state index in [0.29, 0.717) is 5.75 Å². The van der Waals surface area contributed by atoms with Gasteiger partial charge in [-0.1, -0.05) is 24.3 Å². The van der Waals surface area contributed by atoms with Gasteiger partial charge >= 0.3 is 0 Å². The number of nitrogens with zero attached hydrogens (tertiary/aromatic N) is 1. The Balaban J connectivity index is 2.38. The Labute approximate surface area is 103 Å². The summed E-state index contributed by atoms with van der Waals surface area (Å²) in [6, 6.07) is 7.50. The number of benzene rings is 1. The first kappa shape index (κ1) is 11.9. The maximum absolute atomic E-state index is 9.55. The number of phenolic OH excluding ortho intramolecular Hbond substituents is 1. The van der Waals surface area contributed by atoms with Gasteiger partial charge in [0.1, 0.15) is 5.75 Å². The van der Waals surface area contributed by atoms with E-state index in [2.05, 4.69) is 37.2 Å². The fraction of sp³-hybridized carbons (Fsp3) is 0.333. The standard InChI is InChI=1S/C15H19NO/c1-16(2)11-13-6-3-4-9-15(13)12-7-5-8-14(17)10-12/h4-5,7-10,17H,3,6,11H2,1-2H3. The van der Waals surface area contributed by atoms with Gasteiger partial charge < -0.3 is 10.0 Å². The molecule has 0 atom stereocenters. The highest BCUT2D eigenvalue weighted by atomic mass is 16.3. The van der Waals surface area contributed by atoms with E-state index in [-0.39, 0.29) is 0 Å². The van der Waals surface area contributed by atoms with Crippen LogP contribution in [-0.4, -0.2) is 30.6 Å². The van der Waals surface area contributed by atoms with E-state index in [0.717, 1.165) is 24.9 Å². The van der Waals surface area contributed by atoms with Crippen molar-refractivity contribution in [2.24, 2.45) is 0 Å². The van der Waals surface area contributed by atoms with E-state index in [1.165, 1.54) is 11.1 Å². The number of likely N-dealkylation sites (N-methyl/N-ethyl adjacent to an activating group) is 1. The molecule has 2 rings (SSSR count). The molecule has 0 bridgehead atoms. The predicted octanol–water partition coefficient (Wildman–Crippen LogP) is 3.06. The molecular formula is C15H19NO. The third-order valence-corrected chi connectivity index (χ3v) is 2.94. The molecule has 0 saturated carbocycles. The molecule has 17 heavy (non-hydrogen) atoms. The Morgan fingerprint density at radius 2 is 2.12 bits per heavy atom. The van der Waals surface area contributed by atoms with Crippen molar-refractivity contribution in [1.29, 1.82) is 0 Å². The van der Waals surface area contributed by atoms with Crippen LogP contribution in [0.15, 0.2) is 42.0 Å². The first-order chi connectivity index (χ1) is 8.16. The molecule has 2 heteroatoms. The van der Waals surface area contributed by atoms with E-state index in [1.54, 1.807) is 6.07 Å². The molecule has 1 aromatic rings. The molecule has 1 aliphatic rings. The Hall–Kier alpha value is -1.54. The molecule has 0 unspecified atom stereocenters. The number of hydrogen-bond acceptors (Lipinski definition) is 2. The Morgan fingerprint density at radius 1 is 1.29 bits per heavy atom. The zero-order chi connectivity index (χ0) is 12.3. The molecule has 0 aliphatic heterocycles. The number of phenols is 1. The molecule has 0 heterocycles. The summed E-state index contributed by atoms with van der Waals surface area (Å²) in [4.78, 5) is 2.19. The van der Waals surface area contributed by atoms with Crippen molar-refractivity contribution in [3.63, 3.8) is 0 Å². The molecular weight excluding hydrogens is 210 g/mol. The maximum Gasteiger partial charge on any atom is 0.116 e. The van der Waals surface area contributed by atoms with Crippen LogP contribution in [0.3, 0.4) is 0 Å². The minimum absolute atomic E-state index is 0.332. The summed E-state index contributed by atoms with van der Waals surface area (Å²) >= 11 is 0. The average Bonchev–Trinajstić information content (AvgIpc) is 2.29. The van der Waals surface area contributed by atoms with Crippen molar-refractivity contribution in [1.82, 2.24) is 4.90 Å². The summed E-state index contributed by atoms with van der Waals surface area (Å²) in [6.07, 6.45) is 6.61. The molecule has 0 radical (unpaired) electrons. The van der Waals surface area contributed by atoms with Gasteiger partial charge in [0.25, 0.3) is 0 Å². The van der Waals surface area contributed by atoms with Crippen LogP contribution in [0.2, 0.25) is 0 Å². The van der Waals surface area contributed by atoms with Gasteiger partial charge in [-0.15, -0.1) is 0 Å². The van der Waals surface area contributed by atoms with E-state index >= 15 is 0 Å². The molecule has 0 spiro atoms. The molecule has 2 nitrogen and oxygen atoms in total. The number of allylic oxidation sites excluding steroid dienone is 3. The number of aromatic hydroxyl groups is 1. The van der Waals surface area contributed by atoms with Crippen LogP contribution in [-0.2, 0) is 0 Å². The van der Waals surface area contributed by atoms with Crippen LogP contribution >= 0.6 is 0 Å². The summed E-state index contributed by atoms with van der Waals surface area (Å²) in [7, 11) is 4.18. The van der Waals surface area contributed by atoms with Crippen molar-refractivity contribution in [3.8, 4) is 5.75 Å². The summed E-state index contributed by atoms with van der Waals surface area (Å²) in [5, 5.41) is 9.55. The summed E-state index contributed by atoms with van der Waals surface area (Å²) in [5.74, 6) is 0.332. The summed E-state index contributed by atoms with van der Waals surface area (Å²) < 4.78 is 0. The number of rotatable bonds is 3. The van der Waals surface area contributed by atoms with Crippen LogP contribution in [0.4, 0.5) is 0 Å². The smallest absolute Gasteiger partial charge is 0.116 e. The Morgan fingerprint density at radius 3 is 2.82 bits per heavy atom. The second-order valence-electron chi connectivity index (χ2n) is 4.75. The third kappa shape index (κ3) is 2.98. The molecule has 1 aromatic carbocycles. The van der Waals surface area contributed by atoms with Gasteiger partial charge in [-0.25, -0.2) is 0 Å². The maximum atomic E-state index is 9.55. The lowest BCUT2D eigenvalue weighted by atomic mass is 9.92. The second-order valence-corrected chi connectivity index (χ2v) is 4.75. The Kier molecular flexibility index (Phi) is 3.64. The second kappa shape index (κ2) is 5.19. The van der Waals surface area contributed by atoms with Crippen molar-refractivity contribution < 1.29 is 5.11 Å². The topological polar surface area (TPSA) is 23.5 Å². The van der Waals surface area contributed by atoms with Crippen LogP contribution in [0.1, 0.15) is 18.4 Å². The van der Waals surface area contributed by atoms with E-state index in [4.69, 9.17) is 0 Å². The van der Waals surface area contributed by atoms with Gasteiger partial charge in [-0.2, -0.15) is 0 Å². The molecule has 0 fully saturated rings. The van der Waals surface area contributed by atoms with Gasteiger partial charge in [0.05, 0.1) is 0 Å². The monoisotopic (exact) mass is 229 g/mol. The molecule has 0 aromatic heterocycles. The van der Waals surface area contributed by atoms with Crippen LogP contribution in [0.25, 0.3) is 5.57 Å². The normalized spacial score (nSPS) is 15.7. The van der Waals surface area contributed by atoms with Gasteiger partial charge in [0.2, 0.25) is 0 Å². The average molecular weight is 229 g/mol. The van der Waals surface area contributed by atoms with Crippen molar-refractivity contribution >= 4 is 5.57 Å². The van der Waals surface area contributed by atoms with Crippen molar-refractivity contribution in [3.05, 3.63) is 47.6 Å². The van der Waals surface area contributed by atoms with Gasteiger partial charge in [0, 0.05) is 6.54 Å². The van der Waals surface area contributed by atoms with Crippen LogP contribution in [0, 0.1) is 0 Å². The molecule has 0 saturated heterocycles. The largest absolute Gasteiger partial charge is 0.508 e. The fourth-order valence-electron chi connectivity index (χ4n) is 2.23. The lowest BCUT2D eigenvalue weighted by molar-refractivity contribution is 0.439. The van der Waals surface area contributed by atoms with Crippen molar-refractivity contribution in [2.45, 2.75) is 12.8 Å². The fourth-order valence-corrected chi connectivity index (χ4v) is 2.23. The highest BCUT2D eigenvalue weighted by Gasteiger charge is 2.11. The zero-order valence-electron chi connectivity index (χ0n) is 10.5. The lowest BCUT2D eigenvalue weighted by Gasteiger charge is -2.20. The highest BCUT2D eigenvalue weighted by molar-refractivity contribution is 5.78. The van der Waals surface area contributed by atoms with Gasteiger partial charge in [0.15, 0.2) is 0 Å². The van der Waals surface area contributed by atoms with Crippen molar-refractivity contribution in [2.75, 3.05) is 20.6 Å². The van der Waals surface area contributed by atoms with Gasteiger partial charge in [-0.05, 0) is 55.8 Å². The predicted molar refractivity (Wildman–Crippen MR) is 72.0 cm³/mol. The summed E-state index contributed by atoms with van der Waals surface area (Å²) in [6.45, 7) is 0.981. The van der Waals surface area contributed by atoms with E-state index in [9.17, 15) is 5.11 Å². The minimum atomic E-state index is 0.332. The first-order valence-corrected chi connectivity index (χ1v) is 5.99. The highest BCUT2D eigenvalue weighted by Crippen LogP contribution is 2.29. The first-order valence-electron chi connectivity index (χ1n) is 5.99. The lowest BCUT2D eigenvalue weighted by Crippen LogP contribution is -2.16. The Bertz CT molecular complexity index is 458. The van der Waals surface area contributed by atoms with E-state index < -0.39 is 0 Å². The van der Waals surface area contributed by atoms with Crippen LogP contribution in [0.5, 0.6) is 5.75 Å². The third-order valence-electron chi connectivity index (χ3n) is 2.94. The number of hydrogen-bond donors (Lipinski definition) is 1. The van der Waals surface area contributed by atoms with Gasteiger partial charge in [-0.3, -0.25) is 0 Å². The molecule has 0 amide bonds. The molecule has 1 aliphatic carbocycles. The quantitative estimate of drug-likeness (QED) is 0.861. The van der Waals surface area contributed by atoms with E-state index in [1.807, 2.05) is 12.1 Å².